The molecule has 0 fully saturated rings. The van der Waals surface area contributed by atoms with Crippen LogP contribution in [0.3, 0.4) is 0 Å². The zero-order valence-electron chi connectivity index (χ0n) is 10.4. The molecule has 5 nitrogen and oxygen atoms in total. The van der Waals surface area contributed by atoms with Crippen LogP contribution < -0.4 is 5.73 Å². The summed E-state index contributed by atoms with van der Waals surface area (Å²) in [7, 11) is 1.53. The minimum Gasteiger partial charge on any atom is -0.409 e. The molecule has 18 heavy (non-hydrogen) atoms. The van der Waals surface area contributed by atoms with E-state index in [4.69, 9.17) is 15.7 Å². The molecule has 0 heterocycles. The second-order valence-corrected chi connectivity index (χ2v) is 3.89. The van der Waals surface area contributed by atoms with Crippen LogP contribution in [-0.2, 0) is 4.74 Å². The molecule has 0 aliphatic carbocycles. The molecule has 0 saturated carbocycles. The number of hydrogen-bond donors (Lipinski definition) is 2. The fourth-order valence-electron chi connectivity index (χ4n) is 1.38. The Hall–Kier alpha value is -1.02. The molecular weight excluding hydrogens is 251 g/mol. The summed E-state index contributed by atoms with van der Waals surface area (Å²) in [4.78, 5) is 1.80. The van der Waals surface area contributed by atoms with Crippen molar-refractivity contribution in [2.24, 2.45) is 10.9 Å². The molecule has 0 unspecified atom stereocenters. The number of ether oxygens (including phenoxy) is 1. The highest BCUT2D eigenvalue weighted by atomic mass is 19.4. The SMILES string of the molecule is COCCN(CCCC(F)(F)F)CCC(N)=NO. The molecular formula is C10H20F3N3O2. The van der Waals surface area contributed by atoms with E-state index < -0.39 is 12.6 Å². The maximum Gasteiger partial charge on any atom is 0.389 e. The molecule has 0 aromatic heterocycles. The molecule has 0 atom stereocenters. The first-order valence-electron chi connectivity index (χ1n) is 5.63. The first-order chi connectivity index (χ1) is 8.39. The van der Waals surface area contributed by atoms with Crippen LogP contribution in [0.5, 0.6) is 0 Å². The van der Waals surface area contributed by atoms with Crippen LogP contribution in [-0.4, -0.2) is 55.5 Å². The van der Waals surface area contributed by atoms with Crippen molar-refractivity contribution in [2.75, 3.05) is 33.4 Å². The topological polar surface area (TPSA) is 71.1 Å². The Morgan fingerprint density at radius 2 is 2.00 bits per heavy atom. The fraction of sp³-hybridized carbons (Fsp3) is 0.900. The van der Waals surface area contributed by atoms with Crippen molar-refractivity contribution < 1.29 is 23.1 Å². The number of methoxy groups -OCH3 is 1. The van der Waals surface area contributed by atoms with Crippen molar-refractivity contribution in [3.8, 4) is 0 Å². The molecule has 0 aliphatic heterocycles. The zero-order chi connectivity index (χ0) is 14.0. The van der Waals surface area contributed by atoms with Gasteiger partial charge in [-0.1, -0.05) is 5.16 Å². The van der Waals surface area contributed by atoms with Crippen molar-refractivity contribution in [1.82, 2.24) is 4.90 Å². The summed E-state index contributed by atoms with van der Waals surface area (Å²) in [6, 6.07) is 0. The number of nitrogens with two attached hydrogens (primary N) is 1. The van der Waals surface area contributed by atoms with Gasteiger partial charge < -0.3 is 20.6 Å². The summed E-state index contributed by atoms with van der Waals surface area (Å²) in [6.45, 7) is 1.70. The van der Waals surface area contributed by atoms with Gasteiger partial charge in [-0.15, -0.1) is 0 Å². The minimum atomic E-state index is -4.13. The lowest BCUT2D eigenvalue weighted by molar-refractivity contribution is -0.136. The van der Waals surface area contributed by atoms with Gasteiger partial charge in [-0.05, 0) is 13.0 Å². The van der Waals surface area contributed by atoms with Crippen molar-refractivity contribution in [3.63, 3.8) is 0 Å². The lowest BCUT2D eigenvalue weighted by Gasteiger charge is -2.21. The number of oxime groups is 1. The van der Waals surface area contributed by atoms with E-state index >= 15 is 0 Å². The Morgan fingerprint density at radius 3 is 2.50 bits per heavy atom. The van der Waals surface area contributed by atoms with Gasteiger partial charge in [-0.3, -0.25) is 0 Å². The first-order valence-corrected chi connectivity index (χ1v) is 5.63. The van der Waals surface area contributed by atoms with E-state index in [1.807, 2.05) is 0 Å². The van der Waals surface area contributed by atoms with E-state index in [0.717, 1.165) is 0 Å². The Labute approximate surface area is 104 Å². The number of nitrogens with zero attached hydrogens (tertiary/aromatic N) is 2. The molecule has 3 N–H and O–H groups in total. The molecule has 0 amide bonds. The molecule has 0 bridgehead atoms. The largest absolute Gasteiger partial charge is 0.409 e. The number of hydrogen-bond acceptors (Lipinski definition) is 4. The van der Waals surface area contributed by atoms with Crippen molar-refractivity contribution in [1.29, 1.82) is 0 Å². The molecule has 108 valence electrons. The molecule has 8 heteroatoms. The van der Waals surface area contributed by atoms with Gasteiger partial charge in [0.15, 0.2) is 0 Å². The van der Waals surface area contributed by atoms with Gasteiger partial charge in [0.25, 0.3) is 0 Å². The maximum absolute atomic E-state index is 12.0. The van der Waals surface area contributed by atoms with Gasteiger partial charge in [-0.2, -0.15) is 13.2 Å². The second-order valence-electron chi connectivity index (χ2n) is 3.89. The van der Waals surface area contributed by atoms with E-state index in [2.05, 4.69) is 5.16 Å². The van der Waals surface area contributed by atoms with Gasteiger partial charge in [0.1, 0.15) is 5.84 Å². The molecule has 0 radical (unpaired) electrons. The van der Waals surface area contributed by atoms with E-state index in [-0.39, 0.29) is 12.3 Å². The van der Waals surface area contributed by atoms with Crippen molar-refractivity contribution in [3.05, 3.63) is 0 Å². The van der Waals surface area contributed by atoms with Crippen LogP contribution in [0.1, 0.15) is 19.3 Å². The van der Waals surface area contributed by atoms with Gasteiger partial charge in [0.05, 0.1) is 6.61 Å². The minimum absolute atomic E-state index is 0.0311. The van der Waals surface area contributed by atoms with E-state index in [1.54, 1.807) is 4.90 Å². The molecule has 0 rings (SSSR count). The fourth-order valence-corrected chi connectivity index (χ4v) is 1.38. The molecule has 0 aromatic carbocycles. The Bertz CT molecular complexity index is 247. The predicted molar refractivity (Wildman–Crippen MR) is 61.6 cm³/mol. The second kappa shape index (κ2) is 8.98. The molecule has 0 saturated heterocycles. The van der Waals surface area contributed by atoms with Gasteiger partial charge in [0, 0.05) is 33.0 Å². The van der Waals surface area contributed by atoms with Gasteiger partial charge >= 0.3 is 6.18 Å². The average molecular weight is 271 g/mol. The number of alkyl halides is 3. The monoisotopic (exact) mass is 271 g/mol. The Morgan fingerprint density at radius 1 is 1.33 bits per heavy atom. The van der Waals surface area contributed by atoms with E-state index in [0.29, 0.717) is 32.7 Å². The smallest absolute Gasteiger partial charge is 0.389 e. The summed E-state index contributed by atoms with van der Waals surface area (Å²) >= 11 is 0. The van der Waals surface area contributed by atoms with Crippen molar-refractivity contribution >= 4 is 5.84 Å². The quantitative estimate of drug-likeness (QED) is 0.288. The highest BCUT2D eigenvalue weighted by molar-refractivity contribution is 5.79. The summed E-state index contributed by atoms with van der Waals surface area (Å²) < 4.78 is 40.9. The third kappa shape index (κ3) is 10.2. The van der Waals surface area contributed by atoms with Crippen LogP contribution in [0.15, 0.2) is 5.16 Å². The van der Waals surface area contributed by atoms with Gasteiger partial charge in [0.2, 0.25) is 0 Å². The molecule has 0 aromatic rings. The average Bonchev–Trinajstić information content (AvgIpc) is 2.29. The number of halogens is 3. The predicted octanol–water partition coefficient (Wildman–Crippen LogP) is 1.41. The highest BCUT2D eigenvalue weighted by Crippen LogP contribution is 2.21. The highest BCUT2D eigenvalue weighted by Gasteiger charge is 2.26. The third-order valence-electron chi connectivity index (χ3n) is 2.36. The van der Waals surface area contributed by atoms with Gasteiger partial charge in [-0.25, -0.2) is 0 Å². The van der Waals surface area contributed by atoms with Crippen LogP contribution >= 0.6 is 0 Å². The van der Waals surface area contributed by atoms with Crippen LogP contribution in [0.2, 0.25) is 0 Å². The number of rotatable bonds is 9. The molecule has 0 aliphatic rings. The number of amidine groups is 1. The Balaban J connectivity index is 3.98. The first kappa shape index (κ1) is 17.0. The third-order valence-corrected chi connectivity index (χ3v) is 2.36. The maximum atomic E-state index is 12.0. The lowest BCUT2D eigenvalue weighted by Crippen LogP contribution is -2.32. The molecule has 0 spiro atoms. The normalized spacial score (nSPS) is 13.3. The van der Waals surface area contributed by atoms with E-state index in [9.17, 15) is 13.2 Å². The van der Waals surface area contributed by atoms with Crippen LogP contribution in [0.25, 0.3) is 0 Å². The summed E-state index contributed by atoms with van der Waals surface area (Å²) in [5, 5.41) is 11.2. The summed E-state index contributed by atoms with van der Waals surface area (Å²) in [5.74, 6) is 0.0632. The standard InChI is InChI=1S/C10H20F3N3O2/c1-18-8-7-16(6-3-9(14)15-17)5-2-4-10(11,12)13/h17H,2-8H2,1H3,(H2,14,15). The van der Waals surface area contributed by atoms with Crippen LogP contribution in [0.4, 0.5) is 13.2 Å². The Kier molecular flexibility index (Phi) is 8.47. The summed E-state index contributed by atoms with van der Waals surface area (Å²) in [6.07, 6.45) is -4.59. The lowest BCUT2D eigenvalue weighted by atomic mass is 10.2. The van der Waals surface area contributed by atoms with Crippen molar-refractivity contribution in [2.45, 2.75) is 25.4 Å². The van der Waals surface area contributed by atoms with Crippen LogP contribution in [0, 0.1) is 0 Å². The van der Waals surface area contributed by atoms with E-state index in [1.165, 1.54) is 7.11 Å². The summed E-state index contributed by atoms with van der Waals surface area (Å²) in [5.41, 5.74) is 5.31. The zero-order valence-corrected chi connectivity index (χ0v) is 10.4.